The largest absolute Gasteiger partial charge is 0.479 e. The van der Waals surface area contributed by atoms with Gasteiger partial charge in [-0.2, -0.15) is 0 Å². The number of nitrogens with zero attached hydrogens (tertiary/aromatic N) is 5. The number of likely N-dealkylation sites (N-methyl/N-ethyl adjacent to an activating group) is 2. The number of aliphatic hydroxyl groups is 6. The molecule has 8 amide bonds. The van der Waals surface area contributed by atoms with Gasteiger partial charge in [-0.1, -0.05) is 13.0 Å². The van der Waals surface area contributed by atoms with Crippen LogP contribution in [0.4, 0.5) is 25.4 Å². The van der Waals surface area contributed by atoms with Gasteiger partial charge in [0.05, 0.1) is 34.7 Å². The van der Waals surface area contributed by atoms with E-state index in [1.807, 2.05) is 0 Å². The van der Waals surface area contributed by atoms with Crippen molar-refractivity contribution >= 4 is 87.8 Å². The van der Waals surface area contributed by atoms with E-state index in [9.17, 15) is 103 Å². The van der Waals surface area contributed by atoms with Gasteiger partial charge in [0.2, 0.25) is 35.5 Å². The first-order valence-corrected chi connectivity index (χ1v) is 30.8. The predicted molar refractivity (Wildman–Crippen MR) is 330 cm³/mol. The number of carboxylic acids is 2. The second-order valence-electron chi connectivity index (χ2n) is 23.9. The number of nitrogens with one attached hydrogen (secondary N) is 4. The van der Waals surface area contributed by atoms with Crippen LogP contribution in [0.25, 0.3) is 22.3 Å². The molecule has 99 heavy (non-hydrogen) atoms. The average Bonchev–Trinajstić information content (AvgIpc) is 1.63. The van der Waals surface area contributed by atoms with E-state index in [1.165, 1.54) is 42.9 Å². The summed E-state index contributed by atoms with van der Waals surface area (Å²) < 4.78 is 49.4. The molecule has 7 heterocycles. The molecule has 0 saturated carbocycles. The summed E-state index contributed by atoms with van der Waals surface area (Å²) in [6.45, 7) is 2.17. The lowest BCUT2D eigenvalue weighted by atomic mass is 9.85. The SMILES string of the molecule is CC[C@@]1(OC(=O)N(C)CCN(C)C(=O)OCc2ccc(O[C@@H]3O[C@H](C(=O)O)[C@@H](O)[C@H](O)[C@H]3O)c(NC(=O)CCNC(=O)[C@H](CCCC(=O)N[C@@H]3O[C@H](C(=O)O)[C@@H](O)[C@H](O)[C@H]3O)NC(=O)CN3C(=O)C=CC3=O)c2)C(=O)OCc2c1cc1n(c2=O)Cc2c-1nc1cc(F)c(C)c(N)c1c2C. The van der Waals surface area contributed by atoms with Crippen LogP contribution in [0.1, 0.15) is 72.4 Å². The molecule has 0 radical (unpaired) electrons. The fourth-order valence-corrected chi connectivity index (χ4v) is 11.6. The Morgan fingerprint density at radius 3 is 2.10 bits per heavy atom. The van der Waals surface area contributed by atoms with E-state index < -0.39 is 189 Å². The van der Waals surface area contributed by atoms with E-state index in [-0.39, 0.29) is 89.5 Å². The Bertz CT molecular complexity index is 4040. The lowest BCUT2D eigenvalue weighted by molar-refractivity contribution is -0.271. The molecule has 0 spiro atoms. The number of aromatic nitrogens is 2. The number of aliphatic hydroxyl groups excluding tert-OH is 6. The average molecular weight is 1390 g/mol. The number of carbonyl (C=O) groups is 11. The molecule has 4 aromatic rings. The molecule has 0 bridgehead atoms. The van der Waals surface area contributed by atoms with E-state index in [0.717, 1.165) is 28.0 Å². The first-order chi connectivity index (χ1) is 46.8. The second kappa shape index (κ2) is 29.8. The number of hydrogen-bond acceptors (Lipinski definition) is 26. The summed E-state index contributed by atoms with van der Waals surface area (Å²) in [6.07, 6.45) is -22.4. The first-order valence-electron chi connectivity index (χ1n) is 30.8. The minimum Gasteiger partial charge on any atom is -0.479 e. The topological polar surface area (TPSA) is 524 Å². The molecule has 9 rings (SSSR count). The van der Waals surface area contributed by atoms with Gasteiger partial charge in [-0.15, -0.1) is 0 Å². The standard InChI is InChI=1S/C62H71FN10O26/c1-6-62(30-19-35-44-28(21-72(35)55(86)29(30)24-94-59(62)91)25(2)42-34(68-44)20-31(63)26(3)43(42)64)99-61(93)71(5)17-16-70(4)60(92)95-23-27-10-11-36(96-58-50(84)46(80)48(82)52(98-58)57(89)90)33(18-27)67-38(75)14-15-65-53(85)32(66-39(76)22-73-40(77)12-13-41(73)78)8-7-9-37(74)69-54-49(83)45(79)47(81)51(97-54)56(87)88/h10-13,18-20,32,45-52,54,58,79-84H,6-9,14-17,21-24,64H2,1-5H3,(H,65,85)(H,66,76)(H,67,75)(H,69,74)(H,87,88)(H,89,90)/t32-,45-,46-,47-,48-,49+,50+,51-,52-,54+,58+,62-/m0/s1. The highest BCUT2D eigenvalue weighted by Crippen LogP contribution is 2.43. The van der Waals surface area contributed by atoms with E-state index >= 15 is 0 Å². The first kappa shape index (κ1) is 73.0. The van der Waals surface area contributed by atoms with Crippen molar-refractivity contribution in [3.63, 3.8) is 0 Å². The van der Waals surface area contributed by atoms with Crippen LogP contribution in [0.15, 0.2) is 47.3 Å². The lowest BCUT2D eigenvalue weighted by Crippen LogP contribution is -2.64. The number of hydrogen-bond donors (Lipinski definition) is 13. The number of aliphatic carboxylic acids is 2. The van der Waals surface area contributed by atoms with Crippen molar-refractivity contribution in [3.8, 4) is 17.1 Å². The summed E-state index contributed by atoms with van der Waals surface area (Å²) in [5, 5.41) is 91.0. The Morgan fingerprint density at radius 1 is 0.798 bits per heavy atom. The molecule has 0 unspecified atom stereocenters. The smallest absolute Gasteiger partial charge is 0.411 e. The molecular formula is C62H71FN10O26. The molecule has 5 aliphatic heterocycles. The highest BCUT2D eigenvalue weighted by molar-refractivity contribution is 6.14. The van der Waals surface area contributed by atoms with Crippen molar-refractivity contribution in [2.24, 2.45) is 0 Å². The van der Waals surface area contributed by atoms with Crippen LogP contribution in [0.5, 0.6) is 5.75 Å². The number of halogens is 1. The summed E-state index contributed by atoms with van der Waals surface area (Å²) >= 11 is 0. The number of anilines is 2. The Labute approximate surface area is 558 Å². The molecule has 2 fully saturated rings. The zero-order valence-corrected chi connectivity index (χ0v) is 53.5. The number of pyridine rings is 2. The number of rotatable bonds is 24. The highest BCUT2D eigenvalue weighted by atomic mass is 19.1. The third kappa shape index (κ3) is 15.1. The van der Waals surface area contributed by atoms with Crippen LogP contribution in [-0.2, 0) is 92.2 Å². The summed E-state index contributed by atoms with van der Waals surface area (Å²) in [5.41, 5.74) is 6.22. The molecule has 532 valence electrons. The van der Waals surface area contributed by atoms with E-state index in [4.69, 9.17) is 39.1 Å². The Balaban J connectivity index is 0.839. The third-order valence-corrected chi connectivity index (χ3v) is 17.4. The van der Waals surface area contributed by atoms with Crippen LogP contribution in [-0.4, -0.2) is 238 Å². The minimum absolute atomic E-state index is 0.0473. The number of ether oxygens (including phenoxy) is 6. The number of benzene rings is 2. The quantitative estimate of drug-likeness (QED) is 0.0127. The summed E-state index contributed by atoms with van der Waals surface area (Å²) in [4.78, 5) is 164. The monoisotopic (exact) mass is 1390 g/mol. The van der Waals surface area contributed by atoms with Crippen molar-refractivity contribution in [2.45, 2.75) is 146 Å². The number of esters is 1. The molecule has 0 aliphatic carbocycles. The molecule has 2 saturated heterocycles. The van der Waals surface area contributed by atoms with Crippen LogP contribution < -0.4 is 37.3 Å². The van der Waals surface area contributed by atoms with Gasteiger partial charge in [-0.3, -0.25) is 38.5 Å². The number of carbonyl (C=O) groups excluding carboxylic acids is 9. The molecular weight excluding hydrogens is 1320 g/mol. The van der Waals surface area contributed by atoms with Gasteiger partial charge in [-0.25, -0.2) is 33.3 Å². The number of nitrogens with two attached hydrogens (primary N) is 1. The van der Waals surface area contributed by atoms with Crippen LogP contribution in [0.2, 0.25) is 0 Å². The van der Waals surface area contributed by atoms with Crippen LogP contribution in [0.3, 0.4) is 0 Å². The molecule has 2 aromatic heterocycles. The number of fused-ring (bicyclic) bond motifs is 5. The van der Waals surface area contributed by atoms with Crippen molar-refractivity contribution in [1.29, 1.82) is 0 Å². The van der Waals surface area contributed by atoms with Gasteiger partial charge in [0.1, 0.15) is 74.0 Å². The summed E-state index contributed by atoms with van der Waals surface area (Å²) in [7, 11) is 2.63. The molecule has 5 aliphatic rings. The summed E-state index contributed by atoms with van der Waals surface area (Å²) in [6, 6.07) is 4.91. The van der Waals surface area contributed by atoms with Crippen molar-refractivity contribution in [1.82, 2.24) is 40.2 Å². The van der Waals surface area contributed by atoms with E-state index in [2.05, 4.69) is 21.3 Å². The zero-order valence-electron chi connectivity index (χ0n) is 53.5. The maximum absolute atomic E-state index is 15.0. The van der Waals surface area contributed by atoms with Gasteiger partial charge >= 0.3 is 30.1 Å². The van der Waals surface area contributed by atoms with Gasteiger partial charge in [0.15, 0.2) is 18.4 Å². The van der Waals surface area contributed by atoms with Gasteiger partial charge < -0.3 is 111 Å². The van der Waals surface area contributed by atoms with Gasteiger partial charge in [0.25, 0.3) is 17.4 Å². The maximum atomic E-state index is 15.0. The third-order valence-electron chi connectivity index (χ3n) is 17.4. The minimum atomic E-state index is -2.14. The number of aryl methyl sites for hydroxylation is 1. The molecule has 2 aromatic carbocycles. The fraction of sp³-hybridized carbons (Fsp3) is 0.468. The maximum Gasteiger partial charge on any atom is 0.411 e. The number of carboxylic acid groups (broad SMARTS) is 2. The van der Waals surface area contributed by atoms with Crippen LogP contribution in [0, 0.1) is 19.7 Å². The zero-order chi connectivity index (χ0) is 72.4. The number of cyclic esters (lactones) is 1. The normalized spacial score (nSPS) is 24.0. The second-order valence-corrected chi connectivity index (χ2v) is 23.9. The van der Waals surface area contributed by atoms with E-state index in [0.29, 0.717) is 27.1 Å². The number of imide groups is 1. The van der Waals surface area contributed by atoms with Gasteiger partial charge in [0, 0.05) is 92.6 Å². The molecule has 36 nitrogen and oxygen atoms in total. The highest BCUT2D eigenvalue weighted by Gasteiger charge is 2.52. The Morgan fingerprint density at radius 2 is 1.44 bits per heavy atom. The summed E-state index contributed by atoms with van der Waals surface area (Å²) in [5.74, 6) is -10.8. The van der Waals surface area contributed by atoms with Crippen molar-refractivity contribution in [2.75, 3.05) is 51.3 Å². The lowest BCUT2D eigenvalue weighted by Gasteiger charge is -2.38. The molecule has 14 N–H and O–H groups in total. The van der Waals surface area contributed by atoms with Crippen molar-refractivity contribution in [3.05, 3.63) is 92.0 Å². The van der Waals surface area contributed by atoms with E-state index in [1.54, 1.807) is 20.8 Å². The molecule has 37 heteroatoms. The number of nitrogen functional groups attached to an aromatic ring is 1. The van der Waals surface area contributed by atoms with Crippen LogP contribution >= 0.6 is 0 Å². The predicted octanol–water partition coefficient (Wildman–Crippen LogP) is -2.93. The fourth-order valence-electron chi connectivity index (χ4n) is 11.6. The van der Waals surface area contributed by atoms with Gasteiger partial charge in [-0.05, 0) is 62.4 Å². The Kier molecular flexibility index (Phi) is 22.0. The van der Waals surface area contributed by atoms with Crippen molar-refractivity contribution < 1.29 is 126 Å². The number of amides is 8. The molecule has 12 atom stereocenters. The Hall–Kier alpha value is -10.3.